The Balaban J connectivity index is 0.000000243. The van der Waals surface area contributed by atoms with Gasteiger partial charge in [0, 0.05) is 5.56 Å². The molecule has 0 fully saturated rings. The average Bonchev–Trinajstić information content (AvgIpc) is 2.46. The minimum absolute atomic E-state index is 0.178. The minimum atomic E-state index is -4.27. The summed E-state index contributed by atoms with van der Waals surface area (Å²) in [5.74, 6) is 0. The second kappa shape index (κ2) is 8.24. The highest BCUT2D eigenvalue weighted by atomic mass is 32.2. The van der Waals surface area contributed by atoms with Crippen LogP contribution in [0.5, 0.6) is 0 Å². The number of benzene rings is 2. The summed E-state index contributed by atoms with van der Waals surface area (Å²) in [7, 11) is 2.32. The first-order chi connectivity index (χ1) is 11.0. The topological polar surface area (TPSA) is 57.2 Å². The summed E-state index contributed by atoms with van der Waals surface area (Å²) in [5.41, 5.74) is 3.49. The van der Waals surface area contributed by atoms with Crippen LogP contribution in [0.4, 0.5) is 0 Å². The number of quaternary nitrogens is 1. The summed E-state index contributed by atoms with van der Waals surface area (Å²) < 4.78 is 32.1. The molecular formula is C19H25NO3S. The molecule has 4 nitrogen and oxygen atoms in total. The molecule has 0 saturated carbocycles. The first kappa shape index (κ1) is 20.1. The van der Waals surface area contributed by atoms with Crippen LogP contribution in [0.25, 0.3) is 6.08 Å². The molecular weight excluding hydrogens is 322 g/mol. The predicted octanol–water partition coefficient (Wildman–Crippen LogP) is 3.43. The van der Waals surface area contributed by atoms with E-state index in [0.717, 1.165) is 16.6 Å². The second-order valence-corrected chi connectivity index (χ2v) is 8.04. The molecule has 0 N–H and O–H groups in total. The quantitative estimate of drug-likeness (QED) is 0.629. The third-order valence-electron chi connectivity index (χ3n) is 3.18. The number of aryl methyl sites for hydroxylation is 1. The fourth-order valence-electron chi connectivity index (χ4n) is 2.01. The number of rotatable bonds is 4. The lowest BCUT2D eigenvalue weighted by molar-refractivity contribution is -0.884. The zero-order valence-corrected chi connectivity index (χ0v) is 15.5. The monoisotopic (exact) mass is 347 g/mol. The molecule has 0 amide bonds. The Kier molecular flexibility index (Phi) is 6.90. The Morgan fingerprint density at radius 3 is 1.88 bits per heavy atom. The number of hydrogen-bond donors (Lipinski definition) is 0. The van der Waals surface area contributed by atoms with E-state index in [0.29, 0.717) is 0 Å². The maximum Gasteiger partial charge on any atom is 0.124 e. The van der Waals surface area contributed by atoms with Crippen LogP contribution in [0.1, 0.15) is 16.7 Å². The summed E-state index contributed by atoms with van der Waals surface area (Å²) in [6, 6.07) is 14.3. The van der Waals surface area contributed by atoms with Gasteiger partial charge in [-0.2, -0.15) is 0 Å². The summed E-state index contributed by atoms with van der Waals surface area (Å²) >= 11 is 0. The summed E-state index contributed by atoms with van der Waals surface area (Å²) in [6.07, 6.45) is 1.87. The average molecular weight is 347 g/mol. The summed E-state index contributed by atoms with van der Waals surface area (Å²) in [5, 5.41) is 0. The first-order valence-corrected chi connectivity index (χ1v) is 8.96. The van der Waals surface area contributed by atoms with Crippen molar-refractivity contribution < 1.29 is 17.5 Å². The lowest BCUT2D eigenvalue weighted by atomic mass is 10.1. The Labute approximate surface area is 145 Å². The highest BCUT2D eigenvalue weighted by Gasteiger charge is 2.07. The third kappa shape index (κ3) is 7.55. The van der Waals surface area contributed by atoms with Gasteiger partial charge in [0.2, 0.25) is 0 Å². The fraction of sp³-hybridized carbons (Fsp3) is 0.263. The molecule has 0 heterocycles. The van der Waals surface area contributed by atoms with E-state index in [1.165, 1.54) is 23.3 Å². The summed E-state index contributed by atoms with van der Waals surface area (Å²) in [6.45, 7) is 6.62. The van der Waals surface area contributed by atoms with Gasteiger partial charge in [-0.05, 0) is 24.6 Å². The van der Waals surface area contributed by atoms with Crippen molar-refractivity contribution in [2.75, 3.05) is 21.1 Å². The van der Waals surface area contributed by atoms with Gasteiger partial charge in [0.1, 0.15) is 16.7 Å². The van der Waals surface area contributed by atoms with Gasteiger partial charge in [-0.3, -0.25) is 0 Å². The van der Waals surface area contributed by atoms with E-state index >= 15 is 0 Å². The van der Waals surface area contributed by atoms with Crippen LogP contribution in [0.2, 0.25) is 0 Å². The molecule has 0 atom stereocenters. The molecule has 0 radical (unpaired) electrons. The van der Waals surface area contributed by atoms with Gasteiger partial charge >= 0.3 is 0 Å². The van der Waals surface area contributed by atoms with Gasteiger partial charge in [-0.1, -0.05) is 54.6 Å². The fourth-order valence-corrected chi connectivity index (χ4v) is 2.48. The highest BCUT2D eigenvalue weighted by molar-refractivity contribution is 7.85. The normalized spacial score (nSPS) is 11.4. The minimum Gasteiger partial charge on any atom is -0.744 e. The van der Waals surface area contributed by atoms with Gasteiger partial charge in [-0.15, -0.1) is 0 Å². The molecule has 0 aromatic heterocycles. The van der Waals surface area contributed by atoms with Crippen molar-refractivity contribution in [1.82, 2.24) is 0 Å². The van der Waals surface area contributed by atoms with E-state index in [-0.39, 0.29) is 4.90 Å². The van der Waals surface area contributed by atoms with Crippen molar-refractivity contribution in [2.45, 2.75) is 18.4 Å². The Bertz CT molecular complexity index is 756. The van der Waals surface area contributed by atoms with E-state index in [1.54, 1.807) is 12.1 Å². The molecule has 5 heteroatoms. The summed E-state index contributed by atoms with van der Waals surface area (Å²) in [4.78, 5) is -0.178. The van der Waals surface area contributed by atoms with Crippen molar-refractivity contribution in [3.05, 3.63) is 71.8 Å². The van der Waals surface area contributed by atoms with Gasteiger partial charge in [-0.25, -0.2) is 8.42 Å². The molecule has 0 aliphatic heterocycles. The van der Waals surface area contributed by atoms with Crippen molar-refractivity contribution in [1.29, 1.82) is 0 Å². The second-order valence-electron chi connectivity index (χ2n) is 6.66. The lowest BCUT2D eigenvalue weighted by Crippen LogP contribution is -2.33. The van der Waals surface area contributed by atoms with Gasteiger partial charge in [0.15, 0.2) is 0 Å². The van der Waals surface area contributed by atoms with E-state index in [9.17, 15) is 13.0 Å². The molecule has 0 saturated heterocycles. The molecule has 0 aliphatic carbocycles. The standard InChI is InChI=1S/C12H18N.C7H8O3S/c1-5-11-6-8-12(9-7-11)10-13(2,3)4;1-6-2-4-7(5-3-6)11(8,9)10/h5-9H,1,10H2,2-4H3;2-5H,1H3,(H,8,9,10)/q+1;/p-1. The van der Waals surface area contributed by atoms with E-state index < -0.39 is 10.1 Å². The molecule has 0 spiro atoms. The smallest absolute Gasteiger partial charge is 0.124 e. The van der Waals surface area contributed by atoms with Crippen LogP contribution in [-0.2, 0) is 16.7 Å². The largest absolute Gasteiger partial charge is 0.744 e. The third-order valence-corrected chi connectivity index (χ3v) is 4.03. The Morgan fingerprint density at radius 2 is 1.50 bits per heavy atom. The van der Waals surface area contributed by atoms with Crippen LogP contribution in [0.15, 0.2) is 60.0 Å². The van der Waals surface area contributed by atoms with E-state index in [1.807, 2.05) is 13.0 Å². The van der Waals surface area contributed by atoms with Crippen molar-refractivity contribution in [3.8, 4) is 0 Å². The van der Waals surface area contributed by atoms with Gasteiger partial charge in [0.25, 0.3) is 0 Å². The van der Waals surface area contributed by atoms with Crippen LogP contribution in [-0.4, -0.2) is 38.6 Å². The molecule has 0 unspecified atom stereocenters. The molecule has 2 aromatic rings. The molecule has 130 valence electrons. The van der Waals surface area contributed by atoms with Gasteiger partial charge < -0.3 is 9.04 Å². The molecule has 0 aliphatic rings. The van der Waals surface area contributed by atoms with Crippen molar-refractivity contribution >= 4 is 16.2 Å². The lowest BCUT2D eigenvalue weighted by Gasteiger charge is -2.23. The zero-order valence-electron chi connectivity index (χ0n) is 14.7. The molecule has 2 aromatic carbocycles. The van der Waals surface area contributed by atoms with E-state index in [4.69, 9.17) is 0 Å². The highest BCUT2D eigenvalue weighted by Crippen LogP contribution is 2.09. The van der Waals surface area contributed by atoms with E-state index in [2.05, 4.69) is 52.0 Å². The van der Waals surface area contributed by atoms with Crippen molar-refractivity contribution in [2.24, 2.45) is 0 Å². The zero-order chi connectivity index (χ0) is 18.4. The molecule has 0 bridgehead atoms. The maximum atomic E-state index is 10.4. The number of hydrogen-bond acceptors (Lipinski definition) is 3. The van der Waals surface area contributed by atoms with Crippen LogP contribution >= 0.6 is 0 Å². The van der Waals surface area contributed by atoms with Crippen LogP contribution < -0.4 is 0 Å². The Hall–Kier alpha value is -1.95. The molecule has 24 heavy (non-hydrogen) atoms. The SMILES string of the molecule is C=Cc1ccc(C[N+](C)(C)C)cc1.Cc1ccc(S(=O)(=O)[O-])cc1. The maximum absolute atomic E-state index is 10.4. The van der Waals surface area contributed by atoms with Gasteiger partial charge in [0.05, 0.1) is 26.0 Å². The molecule has 2 rings (SSSR count). The predicted molar refractivity (Wildman–Crippen MR) is 97.4 cm³/mol. The Morgan fingerprint density at radius 1 is 1.00 bits per heavy atom. The van der Waals surface area contributed by atoms with Crippen LogP contribution in [0.3, 0.4) is 0 Å². The van der Waals surface area contributed by atoms with Crippen LogP contribution in [0, 0.1) is 6.92 Å². The van der Waals surface area contributed by atoms with Crippen molar-refractivity contribution in [3.63, 3.8) is 0 Å². The number of nitrogens with zero attached hydrogens (tertiary/aromatic N) is 1. The first-order valence-electron chi connectivity index (χ1n) is 7.56.